The Kier molecular flexibility index (Phi) is 26.6. The number of ether oxygens (including phenoxy) is 2. The molecular formula is C36H60Br2N4O4. The second-order valence-electron chi connectivity index (χ2n) is 11.3. The molecule has 2 rings (SSSR count). The lowest BCUT2D eigenvalue weighted by atomic mass is 10.1. The Bertz CT molecular complexity index is 988. The van der Waals surface area contributed by atoms with E-state index in [1.165, 1.54) is 61.2 Å². The Morgan fingerprint density at radius 1 is 0.543 bits per heavy atom. The molecule has 0 aliphatic rings. The first-order valence-corrected chi connectivity index (χ1v) is 19.6. The average molecular weight is 773 g/mol. The fraction of sp³-hybridized carbons (Fsp3) is 0.611. The highest BCUT2D eigenvalue weighted by Crippen LogP contribution is 2.22. The smallest absolute Gasteiger partial charge is 0.410 e. The number of halogens is 2. The standard InChI is InChI=1S/C34H54N4O4.2CH3Br/c1-7-37(27-29-21-15-17-23-31(29)41-33(39)35(3)4)25-19-13-11-9-10-12-14-20-26-38(8-2)28-30-22-16-18-24-32(30)42-34(40)36(5)6;2*1-2/h15-18,21-24H,7-14,19-20,25-28H2,1-6H3;2*1H3. The summed E-state index contributed by atoms with van der Waals surface area (Å²) in [4.78, 5) is 31.8. The van der Waals surface area contributed by atoms with Gasteiger partial charge in [-0.1, -0.05) is 121 Å². The number of unbranched alkanes of at least 4 members (excludes halogenated alkanes) is 7. The van der Waals surface area contributed by atoms with Gasteiger partial charge in [0, 0.05) is 52.4 Å². The molecule has 262 valence electrons. The lowest BCUT2D eigenvalue weighted by Gasteiger charge is -2.22. The lowest BCUT2D eigenvalue weighted by molar-refractivity contribution is 0.169. The van der Waals surface area contributed by atoms with Crippen molar-refractivity contribution in [2.75, 3.05) is 66.0 Å². The molecule has 0 unspecified atom stereocenters. The summed E-state index contributed by atoms with van der Waals surface area (Å²) in [7, 11) is 6.78. The van der Waals surface area contributed by atoms with E-state index in [9.17, 15) is 9.59 Å². The predicted octanol–water partition coefficient (Wildman–Crippen LogP) is 9.29. The SMILES string of the molecule is CBr.CBr.CCN(CCCCCCCCCCN(CC)Cc1ccccc1OC(=O)N(C)C)Cc1ccccc1OC(=O)N(C)C. The average Bonchev–Trinajstić information content (AvgIpc) is 3.07. The number of para-hydroxylation sites is 2. The van der Waals surface area contributed by atoms with Crippen LogP contribution in [0.5, 0.6) is 11.5 Å². The summed E-state index contributed by atoms with van der Waals surface area (Å²) in [6.07, 6.45) is 9.29. The molecule has 0 heterocycles. The summed E-state index contributed by atoms with van der Waals surface area (Å²) in [6.45, 7) is 9.99. The second kappa shape index (κ2) is 27.9. The van der Waals surface area contributed by atoms with Crippen molar-refractivity contribution in [1.82, 2.24) is 19.6 Å². The molecule has 0 saturated heterocycles. The van der Waals surface area contributed by atoms with Crippen molar-refractivity contribution in [2.24, 2.45) is 0 Å². The lowest BCUT2D eigenvalue weighted by Crippen LogP contribution is -2.27. The third-order valence-electron chi connectivity index (χ3n) is 7.45. The maximum Gasteiger partial charge on any atom is 0.414 e. The van der Waals surface area contributed by atoms with Crippen LogP contribution >= 0.6 is 31.9 Å². The quantitative estimate of drug-likeness (QED) is 0.105. The molecule has 8 nitrogen and oxygen atoms in total. The molecule has 0 atom stereocenters. The summed E-state index contributed by atoms with van der Waals surface area (Å²) in [5.41, 5.74) is 2.10. The first-order valence-electron chi connectivity index (χ1n) is 16.4. The Morgan fingerprint density at radius 2 is 0.848 bits per heavy atom. The van der Waals surface area contributed by atoms with Gasteiger partial charge >= 0.3 is 12.2 Å². The van der Waals surface area contributed by atoms with Gasteiger partial charge in [-0.3, -0.25) is 9.80 Å². The van der Waals surface area contributed by atoms with E-state index < -0.39 is 0 Å². The van der Waals surface area contributed by atoms with Crippen LogP contribution in [0.2, 0.25) is 0 Å². The van der Waals surface area contributed by atoms with Gasteiger partial charge in [0.15, 0.2) is 0 Å². The highest BCUT2D eigenvalue weighted by Gasteiger charge is 2.14. The van der Waals surface area contributed by atoms with Gasteiger partial charge in [-0.15, -0.1) is 0 Å². The van der Waals surface area contributed by atoms with Gasteiger partial charge in [0.25, 0.3) is 0 Å². The largest absolute Gasteiger partial charge is 0.414 e. The minimum absolute atomic E-state index is 0.348. The van der Waals surface area contributed by atoms with Gasteiger partial charge < -0.3 is 19.3 Å². The van der Waals surface area contributed by atoms with Crippen LogP contribution in [0.3, 0.4) is 0 Å². The van der Waals surface area contributed by atoms with Crippen molar-refractivity contribution < 1.29 is 19.1 Å². The van der Waals surface area contributed by atoms with Crippen LogP contribution in [-0.2, 0) is 13.1 Å². The monoisotopic (exact) mass is 770 g/mol. The highest BCUT2D eigenvalue weighted by atomic mass is 79.9. The van der Waals surface area contributed by atoms with Crippen LogP contribution in [-0.4, -0.2) is 97.8 Å². The van der Waals surface area contributed by atoms with E-state index in [0.717, 1.165) is 50.4 Å². The molecule has 0 aliphatic carbocycles. The van der Waals surface area contributed by atoms with Gasteiger partial charge in [0.1, 0.15) is 11.5 Å². The summed E-state index contributed by atoms with van der Waals surface area (Å²) in [6, 6.07) is 15.6. The molecule has 0 N–H and O–H groups in total. The van der Waals surface area contributed by atoms with Crippen LogP contribution in [0.4, 0.5) is 9.59 Å². The number of hydrogen-bond donors (Lipinski definition) is 0. The number of hydrogen-bond acceptors (Lipinski definition) is 6. The molecule has 10 heteroatoms. The molecule has 0 spiro atoms. The van der Waals surface area contributed by atoms with Crippen molar-refractivity contribution in [3.8, 4) is 11.5 Å². The van der Waals surface area contributed by atoms with Gasteiger partial charge in [-0.05, 0) is 62.8 Å². The summed E-state index contributed by atoms with van der Waals surface area (Å²) >= 11 is 5.88. The number of rotatable bonds is 19. The number of amides is 2. The Hall–Kier alpha value is -2.14. The second-order valence-corrected chi connectivity index (χ2v) is 11.3. The summed E-state index contributed by atoms with van der Waals surface area (Å²) in [5.74, 6) is 4.92. The molecule has 0 aromatic heterocycles. The minimum Gasteiger partial charge on any atom is -0.410 e. The van der Waals surface area contributed by atoms with Crippen molar-refractivity contribution in [3.05, 3.63) is 59.7 Å². The zero-order valence-electron chi connectivity index (χ0n) is 29.7. The molecule has 2 amide bonds. The van der Waals surface area contributed by atoms with Crippen LogP contribution in [0.25, 0.3) is 0 Å². The van der Waals surface area contributed by atoms with Gasteiger partial charge in [0.2, 0.25) is 0 Å². The van der Waals surface area contributed by atoms with Crippen LogP contribution < -0.4 is 9.47 Å². The van der Waals surface area contributed by atoms with Crippen molar-refractivity contribution in [1.29, 1.82) is 0 Å². The fourth-order valence-corrected chi connectivity index (χ4v) is 4.75. The minimum atomic E-state index is -0.348. The highest BCUT2D eigenvalue weighted by molar-refractivity contribution is 9.09. The zero-order valence-corrected chi connectivity index (χ0v) is 32.9. The molecule has 46 heavy (non-hydrogen) atoms. The zero-order chi connectivity index (χ0) is 34.7. The first kappa shape index (κ1) is 43.9. The summed E-state index contributed by atoms with van der Waals surface area (Å²) < 4.78 is 11.1. The molecular weight excluding hydrogens is 712 g/mol. The van der Waals surface area contributed by atoms with Crippen LogP contribution in [0.1, 0.15) is 76.3 Å². The van der Waals surface area contributed by atoms with E-state index >= 15 is 0 Å². The molecule has 0 saturated carbocycles. The van der Waals surface area contributed by atoms with Crippen LogP contribution in [0, 0.1) is 0 Å². The topological polar surface area (TPSA) is 65.6 Å². The van der Waals surface area contributed by atoms with E-state index in [1.54, 1.807) is 28.2 Å². The number of carbonyl (C=O) groups is 2. The maximum atomic E-state index is 12.0. The van der Waals surface area contributed by atoms with E-state index in [4.69, 9.17) is 9.47 Å². The Balaban J connectivity index is 0.00000486. The maximum absolute atomic E-state index is 12.0. The van der Waals surface area contributed by atoms with E-state index in [0.29, 0.717) is 11.5 Å². The molecule has 2 aromatic carbocycles. The van der Waals surface area contributed by atoms with Gasteiger partial charge in [-0.2, -0.15) is 0 Å². The van der Waals surface area contributed by atoms with Crippen molar-refractivity contribution in [2.45, 2.75) is 78.3 Å². The summed E-state index contributed by atoms with van der Waals surface area (Å²) in [5, 5.41) is 0. The third-order valence-corrected chi connectivity index (χ3v) is 7.45. The first-order chi connectivity index (χ1) is 22.2. The van der Waals surface area contributed by atoms with Gasteiger partial charge in [-0.25, -0.2) is 9.59 Å². The molecule has 0 aliphatic heterocycles. The number of carbonyl (C=O) groups excluding carboxylic acids is 2. The van der Waals surface area contributed by atoms with Gasteiger partial charge in [0.05, 0.1) is 0 Å². The molecule has 2 aromatic rings. The number of alkyl halides is 2. The third kappa shape index (κ3) is 18.9. The van der Waals surface area contributed by atoms with Crippen molar-refractivity contribution >= 4 is 44.0 Å². The fourth-order valence-electron chi connectivity index (χ4n) is 4.75. The molecule has 0 fully saturated rings. The van der Waals surface area contributed by atoms with E-state index in [2.05, 4.69) is 55.5 Å². The van der Waals surface area contributed by atoms with E-state index in [-0.39, 0.29) is 12.2 Å². The molecule has 0 radical (unpaired) electrons. The van der Waals surface area contributed by atoms with Crippen molar-refractivity contribution in [3.63, 3.8) is 0 Å². The number of nitrogens with zero attached hydrogens (tertiary/aromatic N) is 4. The van der Waals surface area contributed by atoms with Crippen LogP contribution in [0.15, 0.2) is 48.5 Å². The Morgan fingerprint density at radius 3 is 1.15 bits per heavy atom. The Labute approximate surface area is 297 Å². The van der Waals surface area contributed by atoms with E-state index in [1.807, 2.05) is 60.2 Å². The molecule has 0 bridgehead atoms. The predicted molar refractivity (Wildman–Crippen MR) is 201 cm³/mol. The normalized spacial score (nSPS) is 10.4. The number of benzene rings is 2.